The highest BCUT2D eigenvalue weighted by Crippen LogP contribution is 2.26. The van der Waals surface area contributed by atoms with E-state index in [1.54, 1.807) is 0 Å². The third kappa shape index (κ3) is 4.42. The predicted octanol–water partition coefficient (Wildman–Crippen LogP) is 2.23. The second kappa shape index (κ2) is 7.39. The quantitative estimate of drug-likeness (QED) is 0.752. The van der Waals surface area contributed by atoms with Gasteiger partial charge in [-0.2, -0.15) is 5.26 Å². The molecule has 0 amide bonds. The van der Waals surface area contributed by atoms with E-state index in [2.05, 4.69) is 24.9 Å². The van der Waals surface area contributed by atoms with Gasteiger partial charge in [-0.15, -0.1) is 0 Å². The van der Waals surface area contributed by atoms with Gasteiger partial charge in [-0.25, -0.2) is 0 Å². The molecule has 0 N–H and O–H groups in total. The summed E-state index contributed by atoms with van der Waals surface area (Å²) in [5.74, 6) is 0.937. The molecular weight excluding hydrogens is 264 g/mol. The van der Waals surface area contributed by atoms with Gasteiger partial charge < -0.3 is 4.74 Å². The Balaban J connectivity index is 3.10. The number of aryl methyl sites for hydroxylation is 1. The zero-order valence-corrected chi connectivity index (χ0v) is 14.1. The third-order valence-corrected chi connectivity index (χ3v) is 3.28. The summed E-state index contributed by atoms with van der Waals surface area (Å²) in [6.45, 7) is 6.11. The van der Waals surface area contributed by atoms with E-state index in [9.17, 15) is 5.26 Å². The Labute approximate surface area is 128 Å². The van der Waals surface area contributed by atoms with Gasteiger partial charge in [0.05, 0.1) is 5.69 Å². The summed E-state index contributed by atoms with van der Waals surface area (Å²) in [5, 5.41) is 9.49. The second-order valence-corrected chi connectivity index (χ2v) is 6.00. The lowest BCUT2D eigenvalue weighted by Gasteiger charge is -2.34. The van der Waals surface area contributed by atoms with E-state index < -0.39 is 6.10 Å². The Hall–Kier alpha value is -1.64. The summed E-state index contributed by atoms with van der Waals surface area (Å²) in [7, 11) is 7.76. The van der Waals surface area contributed by atoms with Gasteiger partial charge in [-0.05, 0) is 53.2 Å². The zero-order valence-electron chi connectivity index (χ0n) is 14.1. The molecule has 21 heavy (non-hydrogen) atoms. The molecule has 0 saturated carbocycles. The van der Waals surface area contributed by atoms with E-state index in [1.807, 2.05) is 57.0 Å². The minimum absolute atomic E-state index is 0.128. The molecule has 0 aliphatic rings. The molecule has 0 bridgehead atoms. The van der Waals surface area contributed by atoms with Crippen molar-refractivity contribution in [1.82, 2.24) is 14.8 Å². The number of rotatable bonds is 6. The molecule has 0 spiro atoms. The number of hydrogen-bond donors (Lipinski definition) is 0. The SMILES string of the molecule is Cc1ccc(OC(C#N)C(N(C)C)N(C)C)c(C(C)C)n1. The molecule has 0 radical (unpaired) electrons. The summed E-state index contributed by atoms with van der Waals surface area (Å²) < 4.78 is 5.99. The van der Waals surface area contributed by atoms with Crippen LogP contribution in [0.4, 0.5) is 0 Å². The molecule has 0 aromatic carbocycles. The van der Waals surface area contributed by atoms with E-state index >= 15 is 0 Å². The molecule has 5 nitrogen and oxygen atoms in total. The average Bonchev–Trinajstić information content (AvgIpc) is 2.38. The van der Waals surface area contributed by atoms with Crippen molar-refractivity contribution in [3.63, 3.8) is 0 Å². The Bertz CT molecular complexity index is 497. The number of pyridine rings is 1. The Morgan fingerprint density at radius 2 is 1.71 bits per heavy atom. The van der Waals surface area contributed by atoms with Crippen molar-refractivity contribution >= 4 is 0 Å². The monoisotopic (exact) mass is 290 g/mol. The molecule has 0 aliphatic carbocycles. The molecule has 5 heteroatoms. The average molecular weight is 290 g/mol. The van der Waals surface area contributed by atoms with Crippen molar-refractivity contribution < 1.29 is 4.74 Å². The van der Waals surface area contributed by atoms with Crippen LogP contribution in [0.15, 0.2) is 12.1 Å². The fourth-order valence-corrected chi connectivity index (χ4v) is 2.37. The largest absolute Gasteiger partial charge is 0.471 e. The molecule has 1 aromatic rings. The summed E-state index contributed by atoms with van der Waals surface area (Å²) >= 11 is 0. The lowest BCUT2D eigenvalue weighted by Crippen LogP contribution is -2.50. The van der Waals surface area contributed by atoms with Gasteiger partial charge in [0, 0.05) is 5.69 Å². The van der Waals surface area contributed by atoms with E-state index in [4.69, 9.17) is 4.74 Å². The first-order chi connectivity index (χ1) is 9.77. The Morgan fingerprint density at radius 3 is 2.14 bits per heavy atom. The van der Waals surface area contributed by atoms with Crippen LogP contribution >= 0.6 is 0 Å². The molecule has 0 saturated heterocycles. The number of ether oxygens (including phenoxy) is 1. The first-order valence-corrected chi connectivity index (χ1v) is 7.14. The topological polar surface area (TPSA) is 52.4 Å². The van der Waals surface area contributed by atoms with Crippen LogP contribution in [0.1, 0.15) is 31.2 Å². The van der Waals surface area contributed by atoms with Crippen molar-refractivity contribution in [2.75, 3.05) is 28.2 Å². The highest BCUT2D eigenvalue weighted by atomic mass is 16.5. The molecule has 1 unspecified atom stereocenters. The third-order valence-electron chi connectivity index (χ3n) is 3.28. The number of aromatic nitrogens is 1. The van der Waals surface area contributed by atoms with Crippen LogP contribution in [-0.4, -0.2) is 55.2 Å². The summed E-state index contributed by atoms with van der Waals surface area (Å²) in [6, 6.07) is 6.08. The smallest absolute Gasteiger partial charge is 0.213 e. The van der Waals surface area contributed by atoms with Gasteiger partial charge in [0.15, 0.2) is 0 Å². The first-order valence-electron chi connectivity index (χ1n) is 7.14. The summed E-state index contributed by atoms with van der Waals surface area (Å²) in [5.41, 5.74) is 1.85. The van der Waals surface area contributed by atoms with Gasteiger partial charge in [0.25, 0.3) is 0 Å². The summed E-state index contributed by atoms with van der Waals surface area (Å²) in [4.78, 5) is 8.50. The van der Waals surface area contributed by atoms with Crippen molar-refractivity contribution in [2.45, 2.75) is 39.0 Å². The van der Waals surface area contributed by atoms with E-state index in [1.165, 1.54) is 0 Å². The minimum atomic E-state index is -0.586. The molecule has 1 aromatic heterocycles. The normalized spacial score (nSPS) is 13.0. The standard InChI is InChI=1S/C16H26N4O/c1-11(2)15-13(9-8-12(3)18-15)21-14(10-17)16(19(4)5)20(6)7/h8-9,11,14,16H,1-7H3. The molecule has 0 fully saturated rings. The van der Waals surface area contributed by atoms with Crippen LogP contribution in [0.5, 0.6) is 5.75 Å². The molecule has 116 valence electrons. The van der Waals surface area contributed by atoms with E-state index in [0.717, 1.165) is 11.4 Å². The van der Waals surface area contributed by atoms with Gasteiger partial charge in [0.2, 0.25) is 6.10 Å². The van der Waals surface area contributed by atoms with E-state index in [0.29, 0.717) is 5.75 Å². The van der Waals surface area contributed by atoms with Gasteiger partial charge in [0.1, 0.15) is 18.0 Å². The predicted molar refractivity (Wildman–Crippen MR) is 84.3 cm³/mol. The van der Waals surface area contributed by atoms with Crippen LogP contribution in [0, 0.1) is 18.3 Å². The van der Waals surface area contributed by atoms with Crippen LogP contribution in [0.3, 0.4) is 0 Å². The van der Waals surface area contributed by atoms with Crippen molar-refractivity contribution in [3.8, 4) is 11.8 Å². The fourth-order valence-electron chi connectivity index (χ4n) is 2.37. The van der Waals surface area contributed by atoms with Gasteiger partial charge in [-0.3, -0.25) is 14.8 Å². The molecule has 1 atom stereocenters. The van der Waals surface area contributed by atoms with Gasteiger partial charge >= 0.3 is 0 Å². The van der Waals surface area contributed by atoms with Crippen LogP contribution < -0.4 is 4.74 Å². The van der Waals surface area contributed by atoms with Crippen molar-refractivity contribution in [3.05, 3.63) is 23.5 Å². The highest BCUT2D eigenvalue weighted by Gasteiger charge is 2.28. The van der Waals surface area contributed by atoms with Crippen LogP contribution in [0.2, 0.25) is 0 Å². The Kier molecular flexibility index (Phi) is 6.13. The van der Waals surface area contributed by atoms with Crippen LogP contribution in [-0.2, 0) is 0 Å². The number of nitrogens with zero attached hydrogens (tertiary/aromatic N) is 4. The Morgan fingerprint density at radius 1 is 1.14 bits per heavy atom. The molecule has 1 heterocycles. The minimum Gasteiger partial charge on any atom is -0.471 e. The molecule has 0 aliphatic heterocycles. The zero-order chi connectivity index (χ0) is 16.2. The number of nitriles is 1. The maximum absolute atomic E-state index is 9.49. The number of hydrogen-bond acceptors (Lipinski definition) is 5. The first kappa shape index (κ1) is 17.4. The van der Waals surface area contributed by atoms with Crippen LogP contribution in [0.25, 0.3) is 0 Å². The lowest BCUT2D eigenvalue weighted by atomic mass is 10.1. The maximum Gasteiger partial charge on any atom is 0.213 e. The molecule has 1 rings (SSSR count). The maximum atomic E-state index is 9.49. The molecular formula is C16H26N4O. The van der Waals surface area contributed by atoms with Crippen molar-refractivity contribution in [1.29, 1.82) is 5.26 Å². The highest BCUT2D eigenvalue weighted by molar-refractivity contribution is 5.32. The lowest BCUT2D eigenvalue weighted by molar-refractivity contribution is 0.0400. The second-order valence-electron chi connectivity index (χ2n) is 6.00. The van der Waals surface area contributed by atoms with Gasteiger partial charge in [-0.1, -0.05) is 13.8 Å². The number of likely N-dealkylation sites (N-methyl/N-ethyl adjacent to an activating group) is 2. The summed E-state index contributed by atoms with van der Waals surface area (Å²) in [6.07, 6.45) is -0.715. The fraction of sp³-hybridized carbons (Fsp3) is 0.625. The van der Waals surface area contributed by atoms with E-state index in [-0.39, 0.29) is 12.1 Å². The van der Waals surface area contributed by atoms with Crippen molar-refractivity contribution in [2.24, 2.45) is 0 Å².